The minimum atomic E-state index is -3.78. The minimum absolute atomic E-state index is 0.0183. The van der Waals surface area contributed by atoms with Gasteiger partial charge in [-0.25, -0.2) is 18.2 Å². The van der Waals surface area contributed by atoms with E-state index >= 15 is 0 Å². The van der Waals surface area contributed by atoms with Crippen LogP contribution < -0.4 is 16.6 Å². The molecule has 3 heterocycles. The molecule has 0 spiro atoms. The number of sulfone groups is 1. The third-order valence-corrected chi connectivity index (χ3v) is 8.36. The summed E-state index contributed by atoms with van der Waals surface area (Å²) in [5, 5.41) is 2.62. The Morgan fingerprint density at radius 1 is 1.03 bits per heavy atom. The molecule has 2 aromatic heterocycles. The van der Waals surface area contributed by atoms with Gasteiger partial charge in [0.2, 0.25) is 0 Å². The van der Waals surface area contributed by atoms with Crippen molar-refractivity contribution in [1.82, 2.24) is 24.0 Å². The van der Waals surface area contributed by atoms with Crippen LogP contribution in [0.15, 0.2) is 87.9 Å². The van der Waals surface area contributed by atoms with Crippen LogP contribution in [-0.4, -0.2) is 45.3 Å². The molecule has 1 amide bonds. The maximum Gasteiger partial charge on any atom is 0.332 e. The normalized spacial score (nSPS) is 14.1. The van der Waals surface area contributed by atoms with Crippen LogP contribution in [0.4, 0.5) is 0 Å². The number of hydrogen-bond donors (Lipinski definition) is 1. The number of rotatable bonds is 8. The van der Waals surface area contributed by atoms with Crippen LogP contribution in [0.3, 0.4) is 0 Å². The first-order valence-electron chi connectivity index (χ1n) is 12.3. The molecule has 2 aromatic carbocycles. The summed E-state index contributed by atoms with van der Waals surface area (Å²) in [4.78, 5) is 43.2. The van der Waals surface area contributed by atoms with E-state index in [2.05, 4.69) is 10.3 Å². The average molecular weight is 534 g/mol. The predicted octanol–water partition coefficient (Wildman–Crippen LogP) is 1.92. The van der Waals surface area contributed by atoms with Crippen LogP contribution >= 0.6 is 0 Å². The molecule has 0 saturated heterocycles. The third-order valence-electron chi connectivity index (χ3n) is 6.52. The number of aromatic nitrogens is 4. The first-order valence-corrected chi connectivity index (χ1v) is 14.0. The van der Waals surface area contributed by atoms with Gasteiger partial charge in [-0.15, -0.1) is 0 Å². The van der Waals surface area contributed by atoms with E-state index < -0.39 is 21.1 Å². The molecule has 0 radical (unpaired) electrons. The third kappa shape index (κ3) is 5.10. The molecular weight excluding hydrogens is 506 g/mol. The van der Waals surface area contributed by atoms with E-state index in [4.69, 9.17) is 0 Å². The highest BCUT2D eigenvalue weighted by molar-refractivity contribution is 7.91. The fourth-order valence-corrected chi connectivity index (χ4v) is 6.38. The van der Waals surface area contributed by atoms with Crippen LogP contribution in [0.5, 0.6) is 0 Å². The zero-order chi connectivity index (χ0) is 26.7. The van der Waals surface area contributed by atoms with Gasteiger partial charge >= 0.3 is 5.69 Å². The molecule has 10 nitrogen and oxygen atoms in total. The van der Waals surface area contributed by atoms with Crippen LogP contribution in [0.1, 0.15) is 28.8 Å². The number of benzene rings is 2. The summed E-state index contributed by atoms with van der Waals surface area (Å²) >= 11 is 0. The molecule has 0 atom stereocenters. The van der Waals surface area contributed by atoms with Gasteiger partial charge in [-0.3, -0.25) is 18.7 Å². The maximum atomic E-state index is 13.4. The molecule has 0 fully saturated rings. The minimum Gasteiger partial charge on any atom is -0.352 e. The van der Waals surface area contributed by atoms with Gasteiger partial charge in [-0.05, 0) is 36.1 Å². The van der Waals surface area contributed by atoms with E-state index in [-0.39, 0.29) is 41.9 Å². The van der Waals surface area contributed by atoms with E-state index in [1.807, 2.05) is 22.9 Å². The fourth-order valence-electron chi connectivity index (χ4n) is 4.65. The summed E-state index contributed by atoms with van der Waals surface area (Å²) < 4.78 is 30.0. The average Bonchev–Trinajstić information content (AvgIpc) is 3.42. The van der Waals surface area contributed by atoms with Crippen LogP contribution in [-0.2, 0) is 29.5 Å². The lowest BCUT2D eigenvalue weighted by atomic mass is 10.1. The highest BCUT2D eigenvalue weighted by Gasteiger charge is 2.32. The SMILES string of the molecule is O=C(NCCCn1c(=O)c(-c2ccccc2)c2n(c1=O)CCCS2(=O)=O)c1ccc(Cn2ccnc2)cc1. The molecule has 1 aliphatic heterocycles. The van der Waals surface area contributed by atoms with Crippen molar-refractivity contribution < 1.29 is 13.2 Å². The maximum absolute atomic E-state index is 13.4. The molecule has 0 saturated carbocycles. The molecule has 5 rings (SSSR count). The number of carbonyl (C=O) groups excluding carboxylic acids is 1. The summed E-state index contributed by atoms with van der Waals surface area (Å²) in [6.45, 7) is 1.16. The zero-order valence-electron chi connectivity index (χ0n) is 20.6. The number of imidazole rings is 1. The van der Waals surface area contributed by atoms with Gasteiger partial charge in [0.05, 0.1) is 17.6 Å². The molecule has 11 heteroatoms. The van der Waals surface area contributed by atoms with Gasteiger partial charge in [-0.2, -0.15) is 0 Å². The van der Waals surface area contributed by atoms with Crippen molar-refractivity contribution >= 4 is 15.7 Å². The van der Waals surface area contributed by atoms with Gasteiger partial charge in [0.25, 0.3) is 11.5 Å². The molecule has 1 aliphatic rings. The second-order valence-electron chi connectivity index (χ2n) is 9.15. The highest BCUT2D eigenvalue weighted by Crippen LogP contribution is 2.27. The number of nitrogens with one attached hydrogen (secondary N) is 1. The van der Waals surface area contributed by atoms with Crippen molar-refractivity contribution in [3.05, 3.63) is 105 Å². The molecule has 0 unspecified atom stereocenters. The van der Waals surface area contributed by atoms with E-state index in [1.54, 1.807) is 55.0 Å². The van der Waals surface area contributed by atoms with E-state index in [1.165, 1.54) is 4.57 Å². The number of nitrogens with zero attached hydrogens (tertiary/aromatic N) is 4. The Labute approximate surface area is 219 Å². The van der Waals surface area contributed by atoms with Gasteiger partial charge in [0.1, 0.15) is 0 Å². The monoisotopic (exact) mass is 533 g/mol. The molecule has 1 N–H and O–H groups in total. The van der Waals surface area contributed by atoms with Crippen molar-refractivity contribution in [3.63, 3.8) is 0 Å². The summed E-state index contributed by atoms with van der Waals surface area (Å²) in [6, 6.07) is 15.8. The molecule has 196 valence electrons. The summed E-state index contributed by atoms with van der Waals surface area (Å²) in [7, 11) is -3.78. The number of fused-ring (bicyclic) bond motifs is 1. The molecule has 38 heavy (non-hydrogen) atoms. The molecule has 4 aromatic rings. The van der Waals surface area contributed by atoms with Crippen molar-refractivity contribution in [3.8, 4) is 11.1 Å². The van der Waals surface area contributed by atoms with Crippen LogP contribution in [0.25, 0.3) is 11.1 Å². The lowest BCUT2D eigenvalue weighted by Crippen LogP contribution is -2.45. The number of amides is 1. The fraction of sp³-hybridized carbons (Fsp3) is 0.259. The predicted molar refractivity (Wildman–Crippen MR) is 142 cm³/mol. The Morgan fingerprint density at radius 3 is 2.50 bits per heavy atom. The van der Waals surface area contributed by atoms with Crippen LogP contribution in [0, 0.1) is 0 Å². The van der Waals surface area contributed by atoms with E-state index in [9.17, 15) is 22.8 Å². The van der Waals surface area contributed by atoms with Gasteiger partial charge in [0.15, 0.2) is 14.9 Å². The van der Waals surface area contributed by atoms with Gasteiger partial charge < -0.3 is 9.88 Å². The van der Waals surface area contributed by atoms with Crippen LogP contribution in [0.2, 0.25) is 0 Å². The van der Waals surface area contributed by atoms with Gasteiger partial charge in [0, 0.05) is 44.1 Å². The summed E-state index contributed by atoms with van der Waals surface area (Å²) in [6.07, 6.45) is 5.92. The van der Waals surface area contributed by atoms with Crippen molar-refractivity contribution in [1.29, 1.82) is 0 Å². The Balaban J connectivity index is 1.31. The highest BCUT2D eigenvalue weighted by atomic mass is 32.2. The Morgan fingerprint density at radius 2 is 1.79 bits per heavy atom. The van der Waals surface area contributed by atoms with E-state index in [0.717, 1.165) is 10.1 Å². The number of carbonyl (C=O) groups is 1. The number of hydrogen-bond acceptors (Lipinski definition) is 6. The lowest BCUT2D eigenvalue weighted by molar-refractivity contribution is 0.0952. The van der Waals surface area contributed by atoms with Crippen molar-refractivity contribution in [2.24, 2.45) is 0 Å². The van der Waals surface area contributed by atoms with Crippen molar-refractivity contribution in [2.75, 3.05) is 12.3 Å². The largest absolute Gasteiger partial charge is 0.352 e. The zero-order valence-corrected chi connectivity index (χ0v) is 21.4. The Kier molecular flexibility index (Phi) is 7.10. The first-order chi connectivity index (χ1) is 18.3. The lowest BCUT2D eigenvalue weighted by Gasteiger charge is -2.23. The summed E-state index contributed by atoms with van der Waals surface area (Å²) in [5.74, 6) is -0.364. The quantitative estimate of drug-likeness (QED) is 0.273. The smallest absolute Gasteiger partial charge is 0.332 e. The first kappa shape index (κ1) is 25.4. The second kappa shape index (κ2) is 10.6. The van der Waals surface area contributed by atoms with E-state index in [0.29, 0.717) is 30.5 Å². The van der Waals surface area contributed by atoms with Crippen molar-refractivity contribution in [2.45, 2.75) is 37.5 Å². The molecule has 0 aliphatic carbocycles. The standard InChI is InChI=1S/C27H27N5O5S/c33-24(22-10-8-20(9-11-22)18-30-16-13-28-19-30)29-12-4-14-31-25(34)23(21-6-2-1-3-7-21)26-32(27(31)35)15-5-17-38(26,36)37/h1-3,6-11,13,16,19H,4-5,12,14-15,17-18H2,(H,29,33). The second-order valence-corrected chi connectivity index (χ2v) is 11.2. The topological polar surface area (TPSA) is 125 Å². The Hall–Kier alpha value is -4.25. The Bertz CT molecular complexity index is 1670. The molecular formula is C27H27N5O5S. The molecule has 0 bridgehead atoms. The van der Waals surface area contributed by atoms with Gasteiger partial charge in [-0.1, -0.05) is 42.5 Å². The summed E-state index contributed by atoms with van der Waals surface area (Å²) in [5.41, 5.74) is 0.713.